The van der Waals surface area contributed by atoms with E-state index in [1.165, 1.54) is 11.1 Å². The number of carbonyl (C=O) groups excluding carboxylic acids is 1. The molecule has 6 nitrogen and oxygen atoms in total. The molecule has 0 saturated carbocycles. The third kappa shape index (κ3) is 5.45. The van der Waals surface area contributed by atoms with Gasteiger partial charge in [-0.05, 0) is 81.1 Å². The largest absolute Gasteiger partial charge is 0.349 e. The number of nitrogens with zero attached hydrogens (tertiary/aromatic N) is 3. The van der Waals surface area contributed by atoms with Crippen molar-refractivity contribution in [3.8, 4) is 11.4 Å². The number of rotatable bonds is 6. The first kappa shape index (κ1) is 22.7. The Bertz CT molecular complexity index is 1080. The SMILES string of the molecule is Cc1ccc(C(C)NC(=O)C2CCCN(Cc3nc(-c4ccc(Br)cc4)no3)C2)cc1C. The van der Waals surface area contributed by atoms with E-state index in [1.54, 1.807) is 0 Å². The second-order valence-electron chi connectivity index (χ2n) is 8.67. The van der Waals surface area contributed by atoms with Crippen LogP contribution in [0.25, 0.3) is 11.4 Å². The van der Waals surface area contributed by atoms with Gasteiger partial charge < -0.3 is 9.84 Å². The number of halogens is 1. The molecule has 2 aromatic carbocycles. The summed E-state index contributed by atoms with van der Waals surface area (Å²) in [7, 11) is 0. The zero-order valence-corrected chi connectivity index (χ0v) is 20.4. The van der Waals surface area contributed by atoms with Crippen molar-refractivity contribution in [3.63, 3.8) is 0 Å². The summed E-state index contributed by atoms with van der Waals surface area (Å²) in [5.74, 6) is 1.24. The number of aromatic nitrogens is 2. The van der Waals surface area contributed by atoms with E-state index in [4.69, 9.17) is 4.52 Å². The van der Waals surface area contributed by atoms with Crippen molar-refractivity contribution in [2.45, 2.75) is 46.2 Å². The van der Waals surface area contributed by atoms with E-state index in [0.29, 0.717) is 24.8 Å². The van der Waals surface area contributed by atoms with Gasteiger partial charge in [-0.3, -0.25) is 9.69 Å². The van der Waals surface area contributed by atoms with Crippen LogP contribution in [-0.4, -0.2) is 34.0 Å². The fourth-order valence-corrected chi connectivity index (χ4v) is 4.35. The summed E-state index contributed by atoms with van der Waals surface area (Å²) in [5, 5.41) is 7.32. The van der Waals surface area contributed by atoms with Crippen LogP contribution in [0, 0.1) is 19.8 Å². The molecule has 32 heavy (non-hydrogen) atoms. The van der Waals surface area contributed by atoms with Gasteiger partial charge >= 0.3 is 0 Å². The van der Waals surface area contributed by atoms with Crippen LogP contribution < -0.4 is 5.32 Å². The van der Waals surface area contributed by atoms with Crippen LogP contribution in [0.1, 0.15) is 48.4 Å². The number of aryl methyl sites for hydroxylation is 2. The van der Waals surface area contributed by atoms with Crippen LogP contribution in [0.4, 0.5) is 0 Å². The molecule has 1 N–H and O–H groups in total. The smallest absolute Gasteiger partial charge is 0.241 e. The molecule has 4 rings (SSSR count). The number of hydrogen-bond acceptors (Lipinski definition) is 5. The topological polar surface area (TPSA) is 71.3 Å². The summed E-state index contributed by atoms with van der Waals surface area (Å²) in [6.45, 7) is 8.43. The molecule has 2 atom stereocenters. The summed E-state index contributed by atoms with van der Waals surface area (Å²) in [5.41, 5.74) is 4.56. The van der Waals surface area contributed by atoms with Crippen molar-refractivity contribution >= 4 is 21.8 Å². The van der Waals surface area contributed by atoms with Gasteiger partial charge in [0.25, 0.3) is 0 Å². The molecule has 0 spiro atoms. The highest BCUT2D eigenvalue weighted by Gasteiger charge is 2.28. The first-order valence-corrected chi connectivity index (χ1v) is 11.9. The molecule has 1 saturated heterocycles. The third-order valence-electron chi connectivity index (χ3n) is 6.20. The van der Waals surface area contributed by atoms with Gasteiger partial charge in [0.1, 0.15) is 0 Å². The van der Waals surface area contributed by atoms with E-state index in [-0.39, 0.29) is 17.9 Å². The zero-order chi connectivity index (χ0) is 22.7. The molecule has 3 aromatic rings. The lowest BCUT2D eigenvalue weighted by Gasteiger charge is -2.31. The average Bonchev–Trinajstić information content (AvgIpc) is 3.24. The van der Waals surface area contributed by atoms with Crippen molar-refractivity contribution in [3.05, 3.63) is 69.5 Å². The summed E-state index contributed by atoms with van der Waals surface area (Å²) in [4.78, 5) is 19.7. The molecule has 1 aliphatic heterocycles. The summed E-state index contributed by atoms with van der Waals surface area (Å²) in [6.07, 6.45) is 1.87. The fraction of sp³-hybridized carbons (Fsp3) is 0.400. The Morgan fingerprint density at radius 2 is 2.00 bits per heavy atom. The molecular formula is C25H29BrN4O2. The first-order valence-electron chi connectivity index (χ1n) is 11.1. The van der Waals surface area contributed by atoms with Gasteiger partial charge in [-0.15, -0.1) is 0 Å². The number of benzene rings is 2. The summed E-state index contributed by atoms with van der Waals surface area (Å²) < 4.78 is 6.48. The Morgan fingerprint density at radius 1 is 1.22 bits per heavy atom. The van der Waals surface area contributed by atoms with E-state index < -0.39 is 0 Å². The number of hydrogen-bond donors (Lipinski definition) is 1. The van der Waals surface area contributed by atoms with Crippen LogP contribution in [0.5, 0.6) is 0 Å². The summed E-state index contributed by atoms with van der Waals surface area (Å²) >= 11 is 3.44. The third-order valence-corrected chi connectivity index (χ3v) is 6.72. The first-order chi connectivity index (χ1) is 15.4. The van der Waals surface area contributed by atoms with Gasteiger partial charge in [-0.1, -0.05) is 39.3 Å². The molecule has 2 unspecified atom stereocenters. The minimum absolute atomic E-state index is 0.0124. The summed E-state index contributed by atoms with van der Waals surface area (Å²) in [6, 6.07) is 14.2. The standard InChI is InChI=1S/C25H29BrN4O2/c1-16-6-7-20(13-17(16)2)18(3)27-25(31)21-5-4-12-30(14-21)15-23-28-24(29-32-23)19-8-10-22(26)11-9-19/h6-11,13,18,21H,4-5,12,14-15H2,1-3H3,(H,27,31). The van der Waals surface area contributed by atoms with E-state index in [1.807, 2.05) is 31.2 Å². The van der Waals surface area contributed by atoms with Gasteiger partial charge in [0, 0.05) is 16.6 Å². The van der Waals surface area contributed by atoms with Crippen LogP contribution >= 0.6 is 15.9 Å². The van der Waals surface area contributed by atoms with Crippen molar-refractivity contribution < 1.29 is 9.32 Å². The number of amides is 1. The van der Waals surface area contributed by atoms with Gasteiger partial charge in [0.05, 0.1) is 18.5 Å². The lowest BCUT2D eigenvalue weighted by Crippen LogP contribution is -2.43. The maximum atomic E-state index is 13.0. The quantitative estimate of drug-likeness (QED) is 0.507. The Morgan fingerprint density at radius 3 is 2.75 bits per heavy atom. The van der Waals surface area contributed by atoms with Gasteiger partial charge in [-0.25, -0.2) is 0 Å². The minimum atomic E-state index is -0.0355. The predicted octanol–water partition coefficient (Wildman–Crippen LogP) is 5.21. The molecule has 1 amide bonds. The second-order valence-corrected chi connectivity index (χ2v) is 9.58. The maximum absolute atomic E-state index is 13.0. The van der Waals surface area contributed by atoms with Crippen LogP contribution in [0.2, 0.25) is 0 Å². The highest BCUT2D eigenvalue weighted by atomic mass is 79.9. The molecule has 1 aromatic heterocycles. The fourth-order valence-electron chi connectivity index (χ4n) is 4.09. The molecular weight excluding hydrogens is 468 g/mol. The highest BCUT2D eigenvalue weighted by Crippen LogP contribution is 2.23. The number of likely N-dealkylation sites (tertiary alicyclic amines) is 1. The Hall–Kier alpha value is -2.51. The predicted molar refractivity (Wildman–Crippen MR) is 128 cm³/mol. The maximum Gasteiger partial charge on any atom is 0.241 e. The molecule has 7 heteroatoms. The normalized spacial score (nSPS) is 17.8. The highest BCUT2D eigenvalue weighted by molar-refractivity contribution is 9.10. The van der Waals surface area contributed by atoms with Crippen LogP contribution in [0.15, 0.2) is 51.5 Å². The minimum Gasteiger partial charge on any atom is -0.349 e. The van der Waals surface area contributed by atoms with Crippen molar-refractivity contribution in [1.29, 1.82) is 0 Å². The molecule has 2 heterocycles. The molecule has 168 valence electrons. The Labute approximate surface area is 197 Å². The number of carbonyl (C=O) groups is 1. The van der Waals surface area contributed by atoms with E-state index in [9.17, 15) is 4.79 Å². The molecule has 0 aliphatic carbocycles. The van der Waals surface area contributed by atoms with Gasteiger partial charge in [0.2, 0.25) is 17.6 Å². The van der Waals surface area contributed by atoms with Gasteiger partial charge in [-0.2, -0.15) is 4.98 Å². The monoisotopic (exact) mass is 496 g/mol. The van der Waals surface area contributed by atoms with Gasteiger partial charge in [0.15, 0.2) is 0 Å². The zero-order valence-electron chi connectivity index (χ0n) is 18.8. The second kappa shape index (κ2) is 9.96. The lowest BCUT2D eigenvalue weighted by atomic mass is 9.96. The van der Waals surface area contributed by atoms with Crippen LogP contribution in [-0.2, 0) is 11.3 Å². The van der Waals surface area contributed by atoms with Crippen molar-refractivity contribution in [2.24, 2.45) is 5.92 Å². The molecule has 0 radical (unpaired) electrons. The lowest BCUT2D eigenvalue weighted by molar-refractivity contribution is -0.127. The number of piperidine rings is 1. The number of nitrogens with one attached hydrogen (secondary N) is 1. The van der Waals surface area contributed by atoms with E-state index in [0.717, 1.165) is 35.0 Å². The average molecular weight is 497 g/mol. The molecule has 1 aliphatic rings. The molecule has 0 bridgehead atoms. The van der Waals surface area contributed by atoms with Crippen molar-refractivity contribution in [2.75, 3.05) is 13.1 Å². The molecule has 1 fully saturated rings. The van der Waals surface area contributed by atoms with E-state index >= 15 is 0 Å². The Kier molecular flexibility index (Phi) is 7.06. The van der Waals surface area contributed by atoms with Crippen LogP contribution in [0.3, 0.4) is 0 Å². The van der Waals surface area contributed by atoms with E-state index in [2.05, 4.69) is 68.3 Å². The van der Waals surface area contributed by atoms with Crippen molar-refractivity contribution in [1.82, 2.24) is 20.4 Å². The Balaban J connectivity index is 1.34.